The molecule has 0 aliphatic carbocycles. The predicted octanol–water partition coefficient (Wildman–Crippen LogP) is 0.434. The Kier molecular flexibility index (Phi) is 2.13. The summed E-state index contributed by atoms with van der Waals surface area (Å²) in [6.45, 7) is 2.03. The van der Waals surface area contributed by atoms with Crippen LogP contribution >= 0.6 is 11.3 Å². The first-order valence-corrected chi connectivity index (χ1v) is 3.46. The normalized spacial score (nSPS) is 13.6. The maximum Gasteiger partial charge on any atom is 0.178 e. The summed E-state index contributed by atoms with van der Waals surface area (Å²) in [5, 5.41) is 16.7. The highest BCUT2D eigenvalue weighted by Crippen LogP contribution is 2.13. The minimum atomic E-state index is 0.105. The van der Waals surface area contributed by atoms with Gasteiger partial charge in [-0.15, -0.1) is 10.2 Å². The van der Waals surface area contributed by atoms with Gasteiger partial charge in [0.15, 0.2) is 5.51 Å². The largest absolute Gasteiger partial charge is 0.396 e. The van der Waals surface area contributed by atoms with Gasteiger partial charge in [0.1, 0.15) is 5.01 Å². The highest BCUT2D eigenvalue weighted by Gasteiger charge is 2.05. The summed E-state index contributed by atoms with van der Waals surface area (Å²) in [7, 11) is 0. The molecule has 3 nitrogen and oxygen atoms in total. The second kappa shape index (κ2) is 2.89. The molecular weight excluding hydrogens is 136 g/mol. The third-order valence-corrected chi connectivity index (χ3v) is 1.90. The van der Waals surface area contributed by atoms with E-state index in [9.17, 15) is 0 Å². The van der Waals surface area contributed by atoms with E-state index < -0.39 is 0 Å². The van der Waals surface area contributed by atoms with E-state index in [2.05, 4.69) is 15.7 Å². The highest BCUT2D eigenvalue weighted by molar-refractivity contribution is 7.08. The fraction of sp³-hybridized carbons (Fsp3) is 0.600. The number of aliphatic hydroxyl groups excluding tert-OH is 1. The first-order chi connectivity index (χ1) is 4.34. The Labute approximate surface area is 57.4 Å². The van der Waals surface area contributed by atoms with E-state index >= 15 is 0 Å². The number of aliphatic hydroxyl groups is 1. The van der Waals surface area contributed by atoms with Crippen LogP contribution < -0.4 is 0 Å². The van der Waals surface area contributed by atoms with E-state index in [1.807, 2.05) is 6.92 Å². The molecule has 1 aromatic heterocycles. The van der Waals surface area contributed by atoms with Crippen molar-refractivity contribution in [2.24, 2.45) is 0 Å². The van der Waals surface area contributed by atoms with Crippen molar-refractivity contribution in [3.05, 3.63) is 10.5 Å². The lowest BCUT2D eigenvalue weighted by Gasteiger charge is -1.98. The Morgan fingerprint density at radius 3 is 3.11 bits per heavy atom. The van der Waals surface area contributed by atoms with Crippen molar-refractivity contribution in [1.82, 2.24) is 10.2 Å². The van der Waals surface area contributed by atoms with Crippen LogP contribution in [0.3, 0.4) is 0 Å². The molecular formula is C5H7N2OS. The third-order valence-electron chi connectivity index (χ3n) is 1.04. The molecule has 1 N–H and O–H groups in total. The minimum absolute atomic E-state index is 0.105. The van der Waals surface area contributed by atoms with Crippen LogP contribution in [0.25, 0.3) is 0 Å². The highest BCUT2D eigenvalue weighted by atomic mass is 32.1. The summed E-state index contributed by atoms with van der Waals surface area (Å²) in [6, 6.07) is 0. The Hall–Kier alpha value is -0.480. The van der Waals surface area contributed by atoms with E-state index in [1.165, 1.54) is 11.3 Å². The lowest BCUT2D eigenvalue weighted by atomic mass is 10.2. The number of hydrogen-bond acceptors (Lipinski definition) is 4. The van der Waals surface area contributed by atoms with Crippen molar-refractivity contribution in [1.29, 1.82) is 0 Å². The average Bonchev–Trinajstić information content (AvgIpc) is 2.37. The van der Waals surface area contributed by atoms with Crippen molar-refractivity contribution in [3.8, 4) is 0 Å². The van der Waals surface area contributed by atoms with Gasteiger partial charge in [-0.1, -0.05) is 18.3 Å². The van der Waals surface area contributed by atoms with Crippen LogP contribution in [-0.4, -0.2) is 21.9 Å². The molecule has 1 radical (unpaired) electrons. The molecule has 1 atom stereocenters. The monoisotopic (exact) mass is 143 g/mol. The summed E-state index contributed by atoms with van der Waals surface area (Å²) in [5.41, 5.74) is 2.61. The average molecular weight is 143 g/mol. The van der Waals surface area contributed by atoms with E-state index in [1.54, 1.807) is 0 Å². The molecule has 0 saturated carbocycles. The molecule has 9 heavy (non-hydrogen) atoms. The first kappa shape index (κ1) is 6.64. The molecule has 0 amide bonds. The standard InChI is InChI=1S/C5H7N2OS/c1-4(2-8)5-7-6-3-9-5/h4,8H,2H2,1H3. The second-order valence-corrected chi connectivity index (χ2v) is 2.62. The van der Waals surface area contributed by atoms with Gasteiger partial charge < -0.3 is 5.11 Å². The lowest BCUT2D eigenvalue weighted by molar-refractivity contribution is 0.272. The zero-order valence-corrected chi connectivity index (χ0v) is 5.85. The lowest BCUT2D eigenvalue weighted by Crippen LogP contribution is -1.97. The molecule has 0 saturated heterocycles. The molecule has 1 rings (SSSR count). The van der Waals surface area contributed by atoms with E-state index in [0.717, 1.165) is 5.01 Å². The third kappa shape index (κ3) is 1.46. The van der Waals surface area contributed by atoms with Gasteiger partial charge >= 0.3 is 0 Å². The van der Waals surface area contributed by atoms with Gasteiger partial charge in [0.05, 0.1) is 6.61 Å². The fourth-order valence-corrected chi connectivity index (χ4v) is 0.967. The van der Waals surface area contributed by atoms with E-state index in [-0.39, 0.29) is 12.5 Å². The van der Waals surface area contributed by atoms with Gasteiger partial charge in [0.25, 0.3) is 0 Å². The smallest absolute Gasteiger partial charge is 0.178 e. The fourth-order valence-electron chi connectivity index (χ4n) is 0.435. The molecule has 0 aromatic carbocycles. The molecule has 0 spiro atoms. The summed E-state index contributed by atoms with van der Waals surface area (Å²) in [4.78, 5) is 0. The van der Waals surface area contributed by atoms with E-state index in [4.69, 9.17) is 5.11 Å². The Morgan fingerprint density at radius 2 is 2.67 bits per heavy atom. The zero-order valence-electron chi connectivity index (χ0n) is 5.03. The topological polar surface area (TPSA) is 46.0 Å². The predicted molar refractivity (Wildman–Crippen MR) is 34.2 cm³/mol. The number of aromatic nitrogens is 2. The van der Waals surface area contributed by atoms with Crippen LogP contribution in [0.4, 0.5) is 0 Å². The van der Waals surface area contributed by atoms with Crippen molar-refractivity contribution in [3.63, 3.8) is 0 Å². The van der Waals surface area contributed by atoms with Crippen molar-refractivity contribution >= 4 is 11.3 Å². The maximum atomic E-state index is 8.63. The summed E-state index contributed by atoms with van der Waals surface area (Å²) >= 11 is 1.35. The van der Waals surface area contributed by atoms with Crippen molar-refractivity contribution < 1.29 is 5.11 Å². The van der Waals surface area contributed by atoms with E-state index in [0.29, 0.717) is 0 Å². The van der Waals surface area contributed by atoms with Crippen LogP contribution in [0.2, 0.25) is 0 Å². The Morgan fingerprint density at radius 1 is 1.89 bits per heavy atom. The van der Waals surface area contributed by atoms with Gasteiger partial charge in [-0.25, -0.2) is 0 Å². The maximum absolute atomic E-state index is 8.63. The second-order valence-electron chi connectivity index (χ2n) is 1.82. The van der Waals surface area contributed by atoms with Crippen LogP contribution in [0, 0.1) is 5.51 Å². The molecule has 0 fully saturated rings. The quantitative estimate of drug-likeness (QED) is 0.653. The van der Waals surface area contributed by atoms with Crippen molar-refractivity contribution in [2.75, 3.05) is 6.61 Å². The van der Waals surface area contributed by atoms with Crippen LogP contribution in [-0.2, 0) is 0 Å². The molecule has 1 aromatic rings. The number of hydrogen-bond donors (Lipinski definition) is 1. The van der Waals surface area contributed by atoms with Gasteiger partial charge in [-0.05, 0) is 0 Å². The molecule has 1 heterocycles. The van der Waals surface area contributed by atoms with Crippen LogP contribution in [0.1, 0.15) is 17.8 Å². The Balaban J connectivity index is 2.65. The molecule has 0 aliphatic heterocycles. The van der Waals surface area contributed by atoms with Gasteiger partial charge in [-0.2, -0.15) is 0 Å². The summed E-state index contributed by atoms with van der Waals surface area (Å²) in [5.74, 6) is 0.105. The van der Waals surface area contributed by atoms with Gasteiger partial charge in [0.2, 0.25) is 0 Å². The number of rotatable bonds is 2. The first-order valence-electron chi connectivity index (χ1n) is 2.65. The Bertz CT molecular complexity index is 163. The molecule has 4 heteroatoms. The summed E-state index contributed by atoms with van der Waals surface area (Å²) < 4.78 is 0. The molecule has 49 valence electrons. The molecule has 0 bridgehead atoms. The van der Waals surface area contributed by atoms with Crippen LogP contribution in [0.15, 0.2) is 0 Å². The van der Waals surface area contributed by atoms with Gasteiger partial charge in [-0.3, -0.25) is 0 Å². The summed E-state index contributed by atoms with van der Waals surface area (Å²) in [6.07, 6.45) is 0. The van der Waals surface area contributed by atoms with Gasteiger partial charge in [0, 0.05) is 5.92 Å². The number of nitrogens with zero attached hydrogens (tertiary/aromatic N) is 2. The van der Waals surface area contributed by atoms with Crippen molar-refractivity contribution in [2.45, 2.75) is 12.8 Å². The molecule has 1 unspecified atom stereocenters. The van der Waals surface area contributed by atoms with Crippen LogP contribution in [0.5, 0.6) is 0 Å². The zero-order chi connectivity index (χ0) is 6.69. The molecule has 0 aliphatic rings. The SMILES string of the molecule is CC(CO)c1nn[c]s1. The minimum Gasteiger partial charge on any atom is -0.396 e.